The van der Waals surface area contributed by atoms with E-state index in [0.29, 0.717) is 52.3 Å². The number of carbonyl (C=O) groups is 1. The molecule has 1 N–H and O–H groups in total. The Morgan fingerprint density at radius 3 is 2.55 bits per heavy atom. The number of carbonyl (C=O) groups excluding carboxylic acids is 1. The van der Waals surface area contributed by atoms with Crippen molar-refractivity contribution in [3.05, 3.63) is 46.5 Å². The standard InChI is InChI=1S/C22H25ClN2O4/c1-5-9-28-21-17(23)11-16(12-20(21)27-6-2)22(26)25-18-10-15(13-24)7-8-19(18)29-14(3)4/h7-8,10-12,14H,5-6,9H2,1-4H3,(H,25,26). The monoisotopic (exact) mass is 416 g/mol. The Morgan fingerprint density at radius 2 is 1.93 bits per heavy atom. The summed E-state index contributed by atoms with van der Waals surface area (Å²) in [5.74, 6) is 0.898. The first-order valence-electron chi connectivity index (χ1n) is 9.50. The third-order valence-electron chi connectivity index (χ3n) is 3.74. The van der Waals surface area contributed by atoms with Gasteiger partial charge in [0.1, 0.15) is 5.75 Å². The van der Waals surface area contributed by atoms with Crippen molar-refractivity contribution in [2.75, 3.05) is 18.5 Å². The Balaban J connectivity index is 2.36. The van der Waals surface area contributed by atoms with Crippen molar-refractivity contribution in [1.29, 1.82) is 5.26 Å². The molecule has 0 bridgehead atoms. The molecular formula is C22H25ClN2O4. The lowest BCUT2D eigenvalue weighted by atomic mass is 10.1. The second-order valence-electron chi connectivity index (χ2n) is 6.51. The molecule has 7 heteroatoms. The molecule has 0 heterocycles. The first-order valence-corrected chi connectivity index (χ1v) is 9.88. The summed E-state index contributed by atoms with van der Waals surface area (Å²) >= 11 is 6.35. The summed E-state index contributed by atoms with van der Waals surface area (Å²) in [7, 11) is 0. The first-order chi connectivity index (χ1) is 13.9. The second-order valence-corrected chi connectivity index (χ2v) is 6.92. The zero-order valence-electron chi connectivity index (χ0n) is 17.0. The second kappa shape index (κ2) is 10.6. The van der Waals surface area contributed by atoms with Crippen LogP contribution in [-0.2, 0) is 0 Å². The van der Waals surface area contributed by atoms with E-state index in [1.54, 1.807) is 24.3 Å². The molecule has 0 aliphatic carbocycles. The van der Waals surface area contributed by atoms with E-state index in [1.807, 2.05) is 27.7 Å². The van der Waals surface area contributed by atoms with Crippen LogP contribution in [0.1, 0.15) is 50.0 Å². The molecule has 0 fully saturated rings. The fourth-order valence-corrected chi connectivity index (χ4v) is 2.82. The summed E-state index contributed by atoms with van der Waals surface area (Å²) in [5, 5.41) is 12.3. The maximum atomic E-state index is 12.9. The van der Waals surface area contributed by atoms with Crippen LogP contribution in [0.3, 0.4) is 0 Å². The molecule has 0 spiro atoms. The van der Waals surface area contributed by atoms with Crippen molar-refractivity contribution >= 4 is 23.2 Å². The highest BCUT2D eigenvalue weighted by atomic mass is 35.5. The molecule has 2 rings (SSSR count). The SMILES string of the molecule is CCCOc1c(Cl)cc(C(=O)Nc2cc(C#N)ccc2OC(C)C)cc1OCC. The first kappa shape index (κ1) is 22.4. The Labute approximate surface area is 176 Å². The van der Waals surface area contributed by atoms with Gasteiger partial charge in [0.2, 0.25) is 0 Å². The molecule has 0 atom stereocenters. The van der Waals surface area contributed by atoms with Gasteiger partial charge < -0.3 is 19.5 Å². The van der Waals surface area contributed by atoms with Gasteiger partial charge in [-0.15, -0.1) is 0 Å². The number of rotatable bonds is 9. The lowest BCUT2D eigenvalue weighted by Crippen LogP contribution is -2.15. The lowest BCUT2D eigenvalue weighted by molar-refractivity contribution is 0.102. The van der Waals surface area contributed by atoms with E-state index in [4.69, 9.17) is 31.1 Å². The topological polar surface area (TPSA) is 80.6 Å². The summed E-state index contributed by atoms with van der Waals surface area (Å²) in [6, 6.07) is 10.0. The van der Waals surface area contributed by atoms with E-state index < -0.39 is 5.91 Å². The number of nitriles is 1. The number of nitrogens with one attached hydrogen (secondary N) is 1. The van der Waals surface area contributed by atoms with E-state index in [2.05, 4.69) is 11.4 Å². The van der Waals surface area contributed by atoms with Gasteiger partial charge in [-0.3, -0.25) is 4.79 Å². The van der Waals surface area contributed by atoms with Gasteiger partial charge >= 0.3 is 0 Å². The number of nitrogens with zero attached hydrogens (tertiary/aromatic N) is 1. The highest BCUT2D eigenvalue weighted by molar-refractivity contribution is 6.32. The van der Waals surface area contributed by atoms with Crippen LogP contribution >= 0.6 is 11.6 Å². The van der Waals surface area contributed by atoms with Gasteiger partial charge in [-0.25, -0.2) is 0 Å². The summed E-state index contributed by atoms with van der Waals surface area (Å²) in [6.45, 7) is 8.48. The molecule has 0 radical (unpaired) electrons. The van der Waals surface area contributed by atoms with Crippen molar-refractivity contribution in [3.63, 3.8) is 0 Å². The molecule has 0 unspecified atom stereocenters. The van der Waals surface area contributed by atoms with Gasteiger partial charge in [0.25, 0.3) is 5.91 Å². The van der Waals surface area contributed by atoms with Gasteiger partial charge in [-0.05, 0) is 57.5 Å². The molecule has 2 aromatic rings. The van der Waals surface area contributed by atoms with Crippen LogP contribution in [0, 0.1) is 11.3 Å². The minimum Gasteiger partial charge on any atom is -0.490 e. The number of halogens is 1. The molecule has 0 aliphatic heterocycles. The number of anilines is 1. The maximum Gasteiger partial charge on any atom is 0.255 e. The van der Waals surface area contributed by atoms with Gasteiger partial charge in [-0.1, -0.05) is 18.5 Å². The molecule has 29 heavy (non-hydrogen) atoms. The van der Waals surface area contributed by atoms with E-state index in [-0.39, 0.29) is 6.10 Å². The third kappa shape index (κ3) is 6.03. The quantitative estimate of drug-likeness (QED) is 0.588. The van der Waals surface area contributed by atoms with Gasteiger partial charge in [0.05, 0.1) is 41.7 Å². The van der Waals surface area contributed by atoms with Crippen LogP contribution in [0.2, 0.25) is 5.02 Å². The van der Waals surface area contributed by atoms with Crippen molar-refractivity contribution < 1.29 is 19.0 Å². The third-order valence-corrected chi connectivity index (χ3v) is 4.02. The molecule has 2 aromatic carbocycles. The van der Waals surface area contributed by atoms with Gasteiger partial charge in [0.15, 0.2) is 11.5 Å². The maximum absolute atomic E-state index is 12.9. The van der Waals surface area contributed by atoms with Crippen LogP contribution in [0.5, 0.6) is 17.2 Å². The molecule has 1 amide bonds. The predicted octanol–water partition coefficient (Wildman–Crippen LogP) is 5.44. The summed E-state index contributed by atoms with van der Waals surface area (Å²) in [4.78, 5) is 12.9. The molecule has 0 saturated heterocycles. The Kier molecular flexibility index (Phi) is 8.17. The van der Waals surface area contributed by atoms with Crippen LogP contribution in [0.4, 0.5) is 5.69 Å². The number of benzene rings is 2. The zero-order valence-corrected chi connectivity index (χ0v) is 17.8. The average molecular weight is 417 g/mol. The van der Waals surface area contributed by atoms with Crippen LogP contribution in [0.25, 0.3) is 0 Å². The molecule has 0 saturated carbocycles. The van der Waals surface area contributed by atoms with Crippen LogP contribution in [-0.4, -0.2) is 25.2 Å². The minimum absolute atomic E-state index is 0.0902. The molecular weight excluding hydrogens is 392 g/mol. The van der Waals surface area contributed by atoms with Crippen molar-refractivity contribution in [2.45, 2.75) is 40.2 Å². The fraction of sp³-hybridized carbons (Fsp3) is 0.364. The lowest BCUT2D eigenvalue weighted by Gasteiger charge is -2.17. The van der Waals surface area contributed by atoms with E-state index in [1.165, 1.54) is 6.07 Å². The average Bonchev–Trinajstić information content (AvgIpc) is 2.68. The molecule has 0 aromatic heterocycles. The van der Waals surface area contributed by atoms with Crippen LogP contribution in [0.15, 0.2) is 30.3 Å². The summed E-state index contributed by atoms with van der Waals surface area (Å²) < 4.78 is 17.0. The number of ether oxygens (including phenoxy) is 3. The molecule has 154 valence electrons. The van der Waals surface area contributed by atoms with Crippen molar-refractivity contribution in [2.24, 2.45) is 0 Å². The highest BCUT2D eigenvalue weighted by Crippen LogP contribution is 2.37. The van der Waals surface area contributed by atoms with Crippen LogP contribution < -0.4 is 19.5 Å². The van der Waals surface area contributed by atoms with Gasteiger partial charge in [-0.2, -0.15) is 5.26 Å². The highest BCUT2D eigenvalue weighted by Gasteiger charge is 2.18. The predicted molar refractivity (Wildman–Crippen MR) is 113 cm³/mol. The van der Waals surface area contributed by atoms with Gasteiger partial charge in [0, 0.05) is 5.56 Å². The smallest absolute Gasteiger partial charge is 0.255 e. The Hall–Kier alpha value is -2.91. The number of amides is 1. The Morgan fingerprint density at radius 1 is 1.17 bits per heavy atom. The molecule has 0 aliphatic rings. The largest absolute Gasteiger partial charge is 0.490 e. The summed E-state index contributed by atoms with van der Waals surface area (Å²) in [6.07, 6.45) is 0.727. The zero-order chi connectivity index (χ0) is 21.4. The normalized spacial score (nSPS) is 10.4. The van der Waals surface area contributed by atoms with Crippen molar-refractivity contribution in [1.82, 2.24) is 0 Å². The van der Waals surface area contributed by atoms with E-state index in [0.717, 1.165) is 6.42 Å². The van der Waals surface area contributed by atoms with Crippen molar-refractivity contribution in [3.8, 4) is 23.3 Å². The van der Waals surface area contributed by atoms with E-state index in [9.17, 15) is 4.79 Å². The minimum atomic E-state index is -0.404. The molecule has 6 nitrogen and oxygen atoms in total. The fourth-order valence-electron chi connectivity index (χ4n) is 2.55. The Bertz CT molecular complexity index is 906. The number of hydrogen-bond acceptors (Lipinski definition) is 5. The number of hydrogen-bond donors (Lipinski definition) is 1. The summed E-state index contributed by atoms with van der Waals surface area (Å²) in [5.41, 5.74) is 1.12. The van der Waals surface area contributed by atoms with E-state index >= 15 is 0 Å².